The van der Waals surface area contributed by atoms with E-state index in [4.69, 9.17) is 4.74 Å². The van der Waals surface area contributed by atoms with E-state index in [2.05, 4.69) is 11.1 Å². The molecule has 1 fully saturated rings. The van der Waals surface area contributed by atoms with Gasteiger partial charge in [0, 0.05) is 42.1 Å². The SMILES string of the molecule is COc1ccccc1[C@H]1CN2C(=O)CN(CCCO)C(=O)[C@]2(C)c2[nH]c3ccccc3c21. The first-order valence-electron chi connectivity index (χ1n) is 11.0. The smallest absolute Gasteiger partial charge is 0.254 e. The maximum Gasteiger partial charge on any atom is 0.254 e. The molecule has 5 rings (SSSR count). The lowest BCUT2D eigenvalue weighted by Gasteiger charge is -2.51. The summed E-state index contributed by atoms with van der Waals surface area (Å²) in [4.78, 5) is 33.9. The number of hydrogen-bond donors (Lipinski definition) is 2. The monoisotopic (exact) mass is 433 g/mol. The van der Waals surface area contributed by atoms with E-state index in [1.54, 1.807) is 16.9 Å². The molecule has 2 aromatic carbocycles. The molecule has 2 atom stereocenters. The average molecular weight is 434 g/mol. The van der Waals surface area contributed by atoms with Crippen molar-refractivity contribution in [3.05, 3.63) is 65.4 Å². The van der Waals surface area contributed by atoms with Crippen molar-refractivity contribution in [1.82, 2.24) is 14.8 Å². The lowest BCUT2D eigenvalue weighted by Crippen LogP contribution is -2.67. The molecule has 0 aliphatic carbocycles. The number of carbonyl (C=O) groups is 2. The van der Waals surface area contributed by atoms with Crippen LogP contribution in [-0.2, 0) is 15.1 Å². The molecule has 2 amide bonds. The van der Waals surface area contributed by atoms with Gasteiger partial charge in [-0.25, -0.2) is 0 Å². The molecule has 0 unspecified atom stereocenters. The minimum Gasteiger partial charge on any atom is -0.496 e. The van der Waals surface area contributed by atoms with Crippen molar-refractivity contribution >= 4 is 22.7 Å². The van der Waals surface area contributed by atoms with E-state index in [-0.39, 0.29) is 30.9 Å². The minimum absolute atomic E-state index is 0.0219. The third-order valence-corrected chi connectivity index (χ3v) is 6.92. The van der Waals surface area contributed by atoms with Crippen molar-refractivity contribution in [2.24, 2.45) is 0 Å². The molecule has 166 valence electrons. The second-order valence-corrected chi connectivity index (χ2v) is 8.63. The topological polar surface area (TPSA) is 85.9 Å². The normalized spacial score (nSPS) is 22.8. The number of hydrogen-bond acceptors (Lipinski definition) is 4. The van der Waals surface area contributed by atoms with Crippen LogP contribution < -0.4 is 4.74 Å². The number of piperazine rings is 1. The first-order chi connectivity index (χ1) is 15.5. The zero-order chi connectivity index (χ0) is 22.5. The molecule has 7 nitrogen and oxygen atoms in total. The fourth-order valence-electron chi connectivity index (χ4n) is 5.35. The summed E-state index contributed by atoms with van der Waals surface area (Å²) in [5, 5.41) is 10.3. The summed E-state index contributed by atoms with van der Waals surface area (Å²) in [6.45, 7) is 2.60. The van der Waals surface area contributed by atoms with E-state index in [0.717, 1.165) is 33.5 Å². The number of benzene rings is 2. The van der Waals surface area contributed by atoms with E-state index in [9.17, 15) is 14.7 Å². The molecule has 7 heteroatoms. The van der Waals surface area contributed by atoms with Crippen LogP contribution in [0.4, 0.5) is 0 Å². The molecule has 1 saturated heterocycles. The predicted molar refractivity (Wildman–Crippen MR) is 120 cm³/mol. The number of rotatable bonds is 5. The number of nitrogens with one attached hydrogen (secondary N) is 1. The third-order valence-electron chi connectivity index (χ3n) is 6.92. The number of aromatic nitrogens is 1. The van der Waals surface area contributed by atoms with E-state index in [1.807, 2.05) is 49.4 Å². The fourth-order valence-corrected chi connectivity index (χ4v) is 5.35. The molecule has 0 bridgehead atoms. The molecule has 2 N–H and O–H groups in total. The zero-order valence-electron chi connectivity index (χ0n) is 18.3. The minimum atomic E-state index is -1.13. The number of ether oxygens (including phenoxy) is 1. The van der Waals surface area contributed by atoms with Crippen LogP contribution in [0.25, 0.3) is 10.9 Å². The number of amides is 2. The van der Waals surface area contributed by atoms with Gasteiger partial charge in [-0.15, -0.1) is 0 Å². The molecule has 2 aliphatic heterocycles. The Balaban J connectivity index is 1.74. The lowest BCUT2D eigenvalue weighted by atomic mass is 9.76. The lowest BCUT2D eigenvalue weighted by molar-refractivity contribution is -0.166. The average Bonchev–Trinajstić information content (AvgIpc) is 3.21. The van der Waals surface area contributed by atoms with Gasteiger partial charge in [-0.3, -0.25) is 9.59 Å². The van der Waals surface area contributed by atoms with Crippen LogP contribution in [0.3, 0.4) is 0 Å². The molecule has 0 radical (unpaired) electrons. The molecule has 3 aromatic rings. The van der Waals surface area contributed by atoms with Gasteiger partial charge in [-0.05, 0) is 31.0 Å². The van der Waals surface area contributed by atoms with Crippen LogP contribution in [0.1, 0.15) is 36.1 Å². The van der Waals surface area contributed by atoms with Gasteiger partial charge in [0.2, 0.25) is 5.91 Å². The van der Waals surface area contributed by atoms with E-state index in [1.165, 1.54) is 0 Å². The Bertz CT molecular complexity index is 1200. The molecule has 0 spiro atoms. The van der Waals surface area contributed by atoms with Crippen LogP contribution in [0, 0.1) is 0 Å². The highest BCUT2D eigenvalue weighted by molar-refractivity contribution is 6.01. The fraction of sp³-hybridized carbons (Fsp3) is 0.360. The van der Waals surface area contributed by atoms with Crippen LogP contribution in [0.15, 0.2) is 48.5 Å². The summed E-state index contributed by atoms with van der Waals surface area (Å²) in [5.41, 5.74) is 2.60. The number of aliphatic hydroxyl groups excluding tert-OH is 1. The van der Waals surface area contributed by atoms with Gasteiger partial charge in [-0.1, -0.05) is 36.4 Å². The Hall–Kier alpha value is -3.32. The number of aliphatic hydroxyl groups is 1. The standard InChI is InChI=1S/C25H27N3O4/c1-25-23-22(17-9-3-5-10-19(17)26-23)18(16-8-4-6-11-20(16)32-2)14-28(25)21(30)15-27(24(25)31)12-7-13-29/h3-6,8-11,18,26,29H,7,12-15H2,1-2H3/t18-,25+/m1/s1. The number of H-pyrrole nitrogens is 1. The maximum atomic E-state index is 13.7. The largest absolute Gasteiger partial charge is 0.496 e. The Kier molecular flexibility index (Phi) is 4.93. The highest BCUT2D eigenvalue weighted by Crippen LogP contribution is 2.49. The van der Waals surface area contributed by atoms with Crippen molar-refractivity contribution < 1.29 is 19.4 Å². The Morgan fingerprint density at radius 3 is 2.69 bits per heavy atom. The van der Waals surface area contributed by atoms with Gasteiger partial charge < -0.3 is 24.6 Å². The summed E-state index contributed by atoms with van der Waals surface area (Å²) in [6.07, 6.45) is 0.443. The number of aromatic amines is 1. The zero-order valence-corrected chi connectivity index (χ0v) is 18.3. The van der Waals surface area contributed by atoms with Gasteiger partial charge >= 0.3 is 0 Å². The van der Waals surface area contributed by atoms with Crippen molar-refractivity contribution in [2.45, 2.75) is 24.8 Å². The quantitative estimate of drug-likeness (QED) is 0.648. The van der Waals surface area contributed by atoms with Gasteiger partial charge in [0.15, 0.2) is 5.54 Å². The van der Waals surface area contributed by atoms with Crippen LogP contribution in [0.2, 0.25) is 0 Å². The van der Waals surface area contributed by atoms with Gasteiger partial charge in [0.25, 0.3) is 5.91 Å². The Labute approximate surface area is 186 Å². The van der Waals surface area contributed by atoms with Crippen molar-refractivity contribution in [1.29, 1.82) is 0 Å². The third kappa shape index (κ3) is 2.84. The highest BCUT2D eigenvalue weighted by atomic mass is 16.5. The van der Waals surface area contributed by atoms with Gasteiger partial charge in [0.1, 0.15) is 5.75 Å². The molecule has 32 heavy (non-hydrogen) atoms. The van der Waals surface area contributed by atoms with Crippen LogP contribution in [-0.4, -0.2) is 65.1 Å². The number of nitrogens with zero attached hydrogens (tertiary/aromatic N) is 2. The van der Waals surface area contributed by atoms with Crippen molar-refractivity contribution in [3.8, 4) is 5.75 Å². The van der Waals surface area contributed by atoms with Crippen molar-refractivity contribution in [2.75, 3.05) is 33.4 Å². The highest BCUT2D eigenvalue weighted by Gasteiger charge is 2.56. The Morgan fingerprint density at radius 2 is 1.91 bits per heavy atom. The molecular formula is C25H27N3O4. The van der Waals surface area contributed by atoms with Crippen molar-refractivity contribution in [3.63, 3.8) is 0 Å². The van der Waals surface area contributed by atoms with E-state index in [0.29, 0.717) is 19.5 Å². The van der Waals surface area contributed by atoms with Gasteiger partial charge in [0.05, 0.1) is 19.3 Å². The molecular weight excluding hydrogens is 406 g/mol. The molecule has 3 heterocycles. The van der Waals surface area contributed by atoms with Crippen LogP contribution in [0.5, 0.6) is 5.75 Å². The number of para-hydroxylation sites is 2. The number of carbonyl (C=O) groups excluding carboxylic acids is 2. The summed E-state index contributed by atoms with van der Waals surface area (Å²) in [7, 11) is 1.65. The maximum absolute atomic E-state index is 13.7. The second kappa shape index (κ2) is 7.67. The summed E-state index contributed by atoms with van der Waals surface area (Å²) < 4.78 is 5.66. The number of fused-ring (bicyclic) bond motifs is 5. The summed E-state index contributed by atoms with van der Waals surface area (Å²) in [6, 6.07) is 15.9. The molecule has 1 aromatic heterocycles. The summed E-state index contributed by atoms with van der Waals surface area (Å²) in [5.74, 6) is 0.426. The van der Waals surface area contributed by atoms with E-state index < -0.39 is 5.54 Å². The van der Waals surface area contributed by atoms with Crippen LogP contribution >= 0.6 is 0 Å². The number of methoxy groups -OCH3 is 1. The molecule has 2 aliphatic rings. The Morgan fingerprint density at radius 1 is 1.16 bits per heavy atom. The summed E-state index contributed by atoms with van der Waals surface area (Å²) >= 11 is 0. The second-order valence-electron chi connectivity index (χ2n) is 8.63. The molecule has 0 saturated carbocycles. The van der Waals surface area contributed by atoms with Gasteiger partial charge in [-0.2, -0.15) is 0 Å². The van der Waals surface area contributed by atoms with E-state index >= 15 is 0 Å². The first-order valence-corrected chi connectivity index (χ1v) is 11.0. The predicted octanol–water partition coefficient (Wildman–Crippen LogP) is 2.59. The first kappa shape index (κ1) is 20.6.